The van der Waals surface area contributed by atoms with Gasteiger partial charge in [0.2, 0.25) is 0 Å². The van der Waals surface area contributed by atoms with E-state index in [2.05, 4.69) is 18.8 Å². The lowest BCUT2D eigenvalue weighted by molar-refractivity contribution is -0.121. The Bertz CT molecular complexity index is 261. The van der Waals surface area contributed by atoms with Crippen molar-refractivity contribution < 1.29 is 9.53 Å². The lowest BCUT2D eigenvalue weighted by Crippen LogP contribution is -2.37. The summed E-state index contributed by atoms with van der Waals surface area (Å²) < 4.78 is 5.48. The number of carbonyl (C=O) groups is 1. The lowest BCUT2D eigenvalue weighted by Gasteiger charge is -2.18. The van der Waals surface area contributed by atoms with E-state index in [4.69, 9.17) is 10.00 Å². The molecule has 90 valence electrons. The molecule has 0 fully saturated rings. The van der Waals surface area contributed by atoms with Gasteiger partial charge in [-0.3, -0.25) is 4.79 Å². The zero-order valence-electron chi connectivity index (χ0n) is 10.1. The van der Waals surface area contributed by atoms with Crippen LogP contribution in [0.25, 0.3) is 0 Å². The van der Waals surface area contributed by atoms with Crippen molar-refractivity contribution in [2.24, 2.45) is 0 Å². The molecule has 0 spiro atoms. The van der Waals surface area contributed by atoms with Gasteiger partial charge in [0.1, 0.15) is 17.9 Å². The Morgan fingerprint density at radius 2 is 2.19 bits per heavy atom. The molecule has 16 heavy (non-hydrogen) atoms. The highest BCUT2D eigenvalue weighted by Crippen LogP contribution is 2.04. The number of rotatable bonds is 8. The van der Waals surface area contributed by atoms with Crippen LogP contribution in [0.15, 0.2) is 12.2 Å². The second-order valence-corrected chi connectivity index (χ2v) is 3.57. The fourth-order valence-corrected chi connectivity index (χ4v) is 1.13. The second-order valence-electron chi connectivity index (χ2n) is 3.57. The fraction of sp³-hybridized carbons (Fsp3) is 0.667. The third-order valence-electron chi connectivity index (χ3n) is 2.04. The number of ether oxygens (including phenoxy) is 1. The lowest BCUT2D eigenvalue weighted by atomic mass is 10.2. The first-order valence-corrected chi connectivity index (χ1v) is 5.67. The molecule has 0 heterocycles. The summed E-state index contributed by atoms with van der Waals surface area (Å²) in [5.74, 6) is -0.445. The van der Waals surface area contributed by atoms with Gasteiger partial charge in [0.25, 0.3) is 5.91 Å². The largest absolute Gasteiger partial charge is 0.359 e. The third-order valence-corrected chi connectivity index (χ3v) is 2.04. The quantitative estimate of drug-likeness (QED) is 0.390. The van der Waals surface area contributed by atoms with E-state index >= 15 is 0 Å². The maximum absolute atomic E-state index is 11.4. The molecule has 0 saturated heterocycles. The number of nitrogens with one attached hydrogen (secondary N) is 1. The van der Waals surface area contributed by atoms with E-state index in [0.29, 0.717) is 6.61 Å². The number of carbonyl (C=O) groups excluding carboxylic acids is 1. The van der Waals surface area contributed by atoms with Crippen LogP contribution in [0, 0.1) is 11.3 Å². The number of hydrogen-bond donors (Lipinski definition) is 1. The average Bonchev–Trinajstić information content (AvgIpc) is 2.31. The van der Waals surface area contributed by atoms with E-state index < -0.39 is 5.91 Å². The van der Waals surface area contributed by atoms with Gasteiger partial charge in [-0.2, -0.15) is 5.26 Å². The summed E-state index contributed by atoms with van der Waals surface area (Å²) in [7, 11) is 0. The molecule has 0 aromatic heterocycles. The van der Waals surface area contributed by atoms with Gasteiger partial charge in [-0.1, -0.05) is 26.8 Å². The number of nitrogens with zero attached hydrogens (tertiary/aromatic N) is 1. The van der Waals surface area contributed by atoms with Crippen LogP contribution in [0.4, 0.5) is 0 Å². The molecule has 0 aliphatic heterocycles. The standard InChI is InChI=1S/C12H20N2O2/c1-4-6-7-11(16-8-5-2)14-12(15)10(3)9-13/h11H,3-8H2,1-2H3,(H,14,15). The topological polar surface area (TPSA) is 62.1 Å². The molecule has 0 bridgehead atoms. The SMILES string of the molecule is C=C(C#N)C(=O)NC(CCCC)OCCC. The summed E-state index contributed by atoms with van der Waals surface area (Å²) >= 11 is 0. The minimum Gasteiger partial charge on any atom is -0.359 e. The summed E-state index contributed by atoms with van der Waals surface area (Å²) in [4.78, 5) is 11.4. The Balaban J connectivity index is 4.13. The van der Waals surface area contributed by atoms with Gasteiger partial charge >= 0.3 is 0 Å². The van der Waals surface area contributed by atoms with Gasteiger partial charge in [-0.25, -0.2) is 0 Å². The summed E-state index contributed by atoms with van der Waals surface area (Å²) in [6.45, 7) is 8.05. The predicted octanol–water partition coefficient (Wildman–Crippen LogP) is 2.13. The fourth-order valence-electron chi connectivity index (χ4n) is 1.13. The molecule has 0 aliphatic carbocycles. The summed E-state index contributed by atoms with van der Waals surface area (Å²) in [5.41, 5.74) is -0.0819. The summed E-state index contributed by atoms with van der Waals surface area (Å²) in [6, 6.07) is 1.72. The zero-order valence-corrected chi connectivity index (χ0v) is 10.1. The highest BCUT2D eigenvalue weighted by atomic mass is 16.5. The van der Waals surface area contributed by atoms with Gasteiger partial charge in [0.15, 0.2) is 0 Å². The first-order valence-electron chi connectivity index (χ1n) is 5.67. The van der Waals surface area contributed by atoms with Crippen LogP contribution in [0.5, 0.6) is 0 Å². The molecule has 4 nitrogen and oxygen atoms in total. The molecule has 0 aromatic carbocycles. The second kappa shape index (κ2) is 8.93. The molecular weight excluding hydrogens is 204 g/mol. The van der Waals surface area contributed by atoms with E-state index in [-0.39, 0.29) is 11.8 Å². The van der Waals surface area contributed by atoms with Crippen molar-refractivity contribution in [3.05, 3.63) is 12.2 Å². The predicted molar refractivity (Wildman–Crippen MR) is 62.5 cm³/mol. The van der Waals surface area contributed by atoms with Crippen LogP contribution < -0.4 is 5.32 Å². The maximum Gasteiger partial charge on any atom is 0.263 e. The molecule has 1 unspecified atom stereocenters. The Morgan fingerprint density at radius 3 is 2.69 bits per heavy atom. The van der Waals surface area contributed by atoms with Crippen molar-refractivity contribution in [2.45, 2.75) is 45.8 Å². The van der Waals surface area contributed by atoms with E-state index in [1.165, 1.54) is 0 Å². The van der Waals surface area contributed by atoms with Gasteiger partial charge in [0, 0.05) is 6.61 Å². The van der Waals surface area contributed by atoms with Crippen molar-refractivity contribution in [3.63, 3.8) is 0 Å². The minimum atomic E-state index is -0.445. The molecule has 0 rings (SSSR count). The van der Waals surface area contributed by atoms with Crippen LogP contribution in [-0.4, -0.2) is 18.7 Å². The average molecular weight is 224 g/mol. The van der Waals surface area contributed by atoms with Crippen molar-refractivity contribution in [1.82, 2.24) is 5.32 Å². The summed E-state index contributed by atoms with van der Waals surface area (Å²) in [5, 5.41) is 11.2. The van der Waals surface area contributed by atoms with E-state index in [0.717, 1.165) is 25.7 Å². The van der Waals surface area contributed by atoms with E-state index in [9.17, 15) is 4.79 Å². The van der Waals surface area contributed by atoms with Crippen molar-refractivity contribution in [3.8, 4) is 6.07 Å². The van der Waals surface area contributed by atoms with Crippen molar-refractivity contribution >= 4 is 5.91 Å². The zero-order chi connectivity index (χ0) is 12.4. The first kappa shape index (κ1) is 14.7. The normalized spacial score (nSPS) is 11.6. The van der Waals surface area contributed by atoms with Crippen LogP contribution in [0.1, 0.15) is 39.5 Å². The molecule has 0 radical (unpaired) electrons. The van der Waals surface area contributed by atoms with Crippen LogP contribution in [0.2, 0.25) is 0 Å². The Hall–Kier alpha value is -1.34. The van der Waals surface area contributed by atoms with E-state index in [1.54, 1.807) is 6.07 Å². The van der Waals surface area contributed by atoms with Gasteiger partial charge < -0.3 is 10.1 Å². The molecular formula is C12H20N2O2. The third kappa shape index (κ3) is 6.20. The minimum absolute atomic E-state index is 0.0819. The first-order chi connectivity index (χ1) is 7.65. The number of unbranched alkanes of at least 4 members (excludes halogenated alkanes) is 1. The number of amides is 1. The molecule has 0 aromatic rings. The Kier molecular flexibility index (Phi) is 8.18. The highest BCUT2D eigenvalue weighted by Gasteiger charge is 2.13. The van der Waals surface area contributed by atoms with Gasteiger partial charge in [-0.05, 0) is 19.3 Å². The van der Waals surface area contributed by atoms with E-state index in [1.807, 2.05) is 6.92 Å². The highest BCUT2D eigenvalue weighted by molar-refractivity contribution is 5.96. The van der Waals surface area contributed by atoms with Gasteiger partial charge in [-0.15, -0.1) is 0 Å². The Morgan fingerprint density at radius 1 is 1.50 bits per heavy atom. The molecule has 0 aliphatic rings. The molecule has 1 atom stereocenters. The maximum atomic E-state index is 11.4. The smallest absolute Gasteiger partial charge is 0.263 e. The molecule has 1 N–H and O–H groups in total. The number of nitriles is 1. The van der Waals surface area contributed by atoms with Crippen molar-refractivity contribution in [2.75, 3.05) is 6.61 Å². The summed E-state index contributed by atoms with van der Waals surface area (Å²) in [6.07, 6.45) is 3.38. The van der Waals surface area contributed by atoms with Gasteiger partial charge in [0.05, 0.1) is 0 Å². The van der Waals surface area contributed by atoms with Crippen LogP contribution >= 0.6 is 0 Å². The van der Waals surface area contributed by atoms with Crippen LogP contribution in [0.3, 0.4) is 0 Å². The van der Waals surface area contributed by atoms with Crippen LogP contribution in [-0.2, 0) is 9.53 Å². The molecule has 0 saturated carbocycles. The molecule has 4 heteroatoms. The Labute approximate surface area is 97.3 Å². The number of hydrogen-bond acceptors (Lipinski definition) is 3. The molecule has 1 amide bonds. The van der Waals surface area contributed by atoms with Crippen molar-refractivity contribution in [1.29, 1.82) is 5.26 Å². The monoisotopic (exact) mass is 224 g/mol.